The van der Waals surface area contributed by atoms with Crippen LogP contribution in [0.3, 0.4) is 0 Å². The van der Waals surface area contributed by atoms with Crippen LogP contribution in [0.2, 0.25) is 0 Å². The van der Waals surface area contributed by atoms with Crippen LogP contribution in [-0.4, -0.2) is 45.1 Å². The van der Waals surface area contributed by atoms with Crippen molar-refractivity contribution in [3.05, 3.63) is 29.3 Å². The minimum atomic E-state index is 0. The van der Waals surface area contributed by atoms with Gasteiger partial charge in [0.05, 0.1) is 7.11 Å². The van der Waals surface area contributed by atoms with Gasteiger partial charge in [-0.15, -0.1) is 12.4 Å². The van der Waals surface area contributed by atoms with E-state index in [1.807, 2.05) is 39.2 Å². The van der Waals surface area contributed by atoms with Gasteiger partial charge in [-0.05, 0) is 37.7 Å². The molecule has 18 heavy (non-hydrogen) atoms. The van der Waals surface area contributed by atoms with Crippen molar-refractivity contribution in [2.24, 2.45) is 0 Å². The molecule has 0 unspecified atom stereocenters. The Labute approximate surface area is 115 Å². The lowest BCUT2D eigenvalue weighted by molar-refractivity contribution is 0.0796. The molecule has 1 aromatic rings. The first-order chi connectivity index (χ1) is 8.10. The number of carbonyl (C=O) groups excluding carboxylic acids is 1. The van der Waals surface area contributed by atoms with Gasteiger partial charge in [0.15, 0.2) is 0 Å². The third-order valence-electron chi connectivity index (χ3n) is 2.71. The molecule has 0 aromatic heterocycles. The monoisotopic (exact) mass is 272 g/mol. The summed E-state index contributed by atoms with van der Waals surface area (Å²) >= 11 is 0. The van der Waals surface area contributed by atoms with Gasteiger partial charge in [-0.1, -0.05) is 0 Å². The lowest BCUT2D eigenvalue weighted by Crippen LogP contribution is -2.33. The van der Waals surface area contributed by atoms with Crippen LogP contribution in [0, 0.1) is 6.92 Å². The molecule has 5 heteroatoms. The van der Waals surface area contributed by atoms with Crippen molar-refractivity contribution in [3.8, 4) is 5.75 Å². The van der Waals surface area contributed by atoms with Gasteiger partial charge >= 0.3 is 0 Å². The normalized spacial score (nSPS) is 9.56. The first-order valence-corrected chi connectivity index (χ1v) is 5.65. The van der Waals surface area contributed by atoms with Crippen molar-refractivity contribution >= 4 is 18.3 Å². The molecule has 0 aliphatic rings. The number of benzene rings is 1. The molecule has 0 heterocycles. The van der Waals surface area contributed by atoms with Crippen molar-refractivity contribution in [2.45, 2.75) is 6.92 Å². The van der Waals surface area contributed by atoms with Gasteiger partial charge in [-0.2, -0.15) is 0 Å². The molecule has 0 spiro atoms. The largest absolute Gasteiger partial charge is 0.497 e. The number of methoxy groups -OCH3 is 1. The zero-order valence-corrected chi connectivity index (χ0v) is 12.1. The summed E-state index contributed by atoms with van der Waals surface area (Å²) in [7, 11) is 5.30. The summed E-state index contributed by atoms with van der Waals surface area (Å²) in [5.41, 5.74) is 1.66. The van der Waals surface area contributed by atoms with E-state index in [1.165, 1.54) is 0 Å². The Balaban J connectivity index is 0.00000289. The Morgan fingerprint density at radius 2 is 2.11 bits per heavy atom. The van der Waals surface area contributed by atoms with Crippen LogP contribution in [0.25, 0.3) is 0 Å². The fraction of sp³-hybridized carbons (Fsp3) is 0.462. The highest BCUT2D eigenvalue weighted by molar-refractivity contribution is 5.95. The lowest BCUT2D eigenvalue weighted by Gasteiger charge is -2.18. The van der Waals surface area contributed by atoms with Gasteiger partial charge in [-0.25, -0.2) is 0 Å². The molecule has 1 rings (SSSR count). The van der Waals surface area contributed by atoms with Crippen molar-refractivity contribution in [3.63, 3.8) is 0 Å². The highest BCUT2D eigenvalue weighted by Crippen LogP contribution is 2.17. The van der Waals surface area contributed by atoms with E-state index in [9.17, 15) is 4.79 Å². The van der Waals surface area contributed by atoms with E-state index in [4.69, 9.17) is 4.74 Å². The van der Waals surface area contributed by atoms with Gasteiger partial charge in [-0.3, -0.25) is 4.79 Å². The summed E-state index contributed by atoms with van der Waals surface area (Å²) in [6, 6.07) is 5.50. The molecule has 0 fully saturated rings. The number of hydrogen-bond donors (Lipinski definition) is 1. The molecule has 0 saturated carbocycles. The van der Waals surface area contributed by atoms with E-state index in [1.54, 1.807) is 12.0 Å². The summed E-state index contributed by atoms with van der Waals surface area (Å²) < 4.78 is 5.12. The standard InChI is InChI=1S/C13H20N2O2.ClH/c1-10-9-11(17-4)5-6-12(10)13(16)15(3)8-7-14-2;/h5-6,9,14H,7-8H2,1-4H3;1H. The maximum Gasteiger partial charge on any atom is 0.253 e. The predicted octanol–water partition coefficient (Wildman–Crippen LogP) is 1.72. The molecular weight excluding hydrogens is 252 g/mol. The number of halogens is 1. The molecule has 0 saturated heterocycles. The molecular formula is C13H21ClN2O2. The highest BCUT2D eigenvalue weighted by Gasteiger charge is 2.13. The predicted molar refractivity (Wildman–Crippen MR) is 75.9 cm³/mol. The quantitative estimate of drug-likeness (QED) is 0.887. The molecule has 0 radical (unpaired) electrons. The average Bonchev–Trinajstić information content (AvgIpc) is 2.34. The molecule has 0 aliphatic carbocycles. The Hall–Kier alpha value is -1.26. The summed E-state index contributed by atoms with van der Waals surface area (Å²) in [5, 5.41) is 3.02. The van der Waals surface area contributed by atoms with Crippen molar-refractivity contribution in [1.82, 2.24) is 10.2 Å². The maximum absolute atomic E-state index is 12.1. The van der Waals surface area contributed by atoms with E-state index in [2.05, 4.69) is 5.32 Å². The number of carbonyl (C=O) groups is 1. The second kappa shape index (κ2) is 7.95. The van der Waals surface area contributed by atoms with Gasteiger partial charge in [0.1, 0.15) is 5.75 Å². The Morgan fingerprint density at radius 1 is 1.44 bits per heavy atom. The van der Waals surface area contributed by atoms with Crippen molar-refractivity contribution in [2.75, 3.05) is 34.3 Å². The first kappa shape index (κ1) is 16.7. The van der Waals surface area contributed by atoms with E-state index in [0.717, 1.165) is 23.4 Å². The van der Waals surface area contributed by atoms with Gasteiger partial charge < -0.3 is 15.0 Å². The second-order valence-corrected chi connectivity index (χ2v) is 4.01. The van der Waals surface area contributed by atoms with E-state index < -0.39 is 0 Å². The van der Waals surface area contributed by atoms with Crippen molar-refractivity contribution < 1.29 is 9.53 Å². The molecule has 1 N–H and O–H groups in total. The summed E-state index contributed by atoms with van der Waals surface area (Å²) in [6.07, 6.45) is 0. The number of ether oxygens (including phenoxy) is 1. The number of aryl methyl sites for hydroxylation is 1. The third-order valence-corrected chi connectivity index (χ3v) is 2.71. The average molecular weight is 273 g/mol. The number of amides is 1. The van der Waals surface area contributed by atoms with Crippen molar-refractivity contribution in [1.29, 1.82) is 0 Å². The Kier molecular flexibility index (Phi) is 7.39. The highest BCUT2D eigenvalue weighted by atomic mass is 35.5. The van der Waals surface area contributed by atoms with Gasteiger partial charge in [0.2, 0.25) is 0 Å². The van der Waals surface area contributed by atoms with Gasteiger partial charge in [0.25, 0.3) is 5.91 Å². The SMILES string of the molecule is CNCCN(C)C(=O)c1ccc(OC)cc1C.Cl. The Bertz CT molecular complexity index is 397. The van der Waals surface area contributed by atoms with Crippen LogP contribution in [0.5, 0.6) is 5.75 Å². The summed E-state index contributed by atoms with van der Waals surface area (Å²) in [5.74, 6) is 0.817. The smallest absolute Gasteiger partial charge is 0.253 e. The molecule has 1 amide bonds. The van der Waals surface area contributed by atoms with Crippen LogP contribution in [-0.2, 0) is 0 Å². The number of nitrogens with zero attached hydrogens (tertiary/aromatic N) is 1. The van der Waals surface area contributed by atoms with E-state index >= 15 is 0 Å². The zero-order chi connectivity index (χ0) is 12.8. The minimum Gasteiger partial charge on any atom is -0.497 e. The van der Waals surface area contributed by atoms with E-state index in [0.29, 0.717) is 6.54 Å². The molecule has 0 atom stereocenters. The number of hydrogen-bond acceptors (Lipinski definition) is 3. The minimum absolute atomic E-state index is 0. The van der Waals surface area contributed by atoms with Crippen LogP contribution in [0.1, 0.15) is 15.9 Å². The molecule has 4 nitrogen and oxygen atoms in total. The van der Waals surface area contributed by atoms with Gasteiger partial charge in [0, 0.05) is 25.7 Å². The van der Waals surface area contributed by atoms with E-state index in [-0.39, 0.29) is 18.3 Å². The number of likely N-dealkylation sites (N-methyl/N-ethyl adjacent to an activating group) is 2. The summed E-state index contributed by atoms with van der Waals surface area (Å²) in [6.45, 7) is 3.40. The number of nitrogens with one attached hydrogen (secondary N) is 1. The molecule has 0 aliphatic heterocycles. The first-order valence-electron chi connectivity index (χ1n) is 5.65. The second-order valence-electron chi connectivity index (χ2n) is 4.01. The summed E-state index contributed by atoms with van der Waals surface area (Å²) in [4.78, 5) is 13.8. The van der Waals surface area contributed by atoms with Crippen LogP contribution in [0.4, 0.5) is 0 Å². The molecule has 0 bridgehead atoms. The number of rotatable bonds is 5. The Morgan fingerprint density at radius 3 is 2.61 bits per heavy atom. The lowest BCUT2D eigenvalue weighted by atomic mass is 10.1. The van der Waals surface area contributed by atoms with Crippen LogP contribution < -0.4 is 10.1 Å². The maximum atomic E-state index is 12.1. The van der Waals surface area contributed by atoms with Crippen LogP contribution in [0.15, 0.2) is 18.2 Å². The third kappa shape index (κ3) is 4.20. The zero-order valence-electron chi connectivity index (χ0n) is 11.3. The molecule has 1 aromatic carbocycles. The fourth-order valence-electron chi connectivity index (χ4n) is 1.59. The fourth-order valence-corrected chi connectivity index (χ4v) is 1.59. The van der Waals surface area contributed by atoms with Crippen LogP contribution >= 0.6 is 12.4 Å². The topological polar surface area (TPSA) is 41.6 Å². The molecule has 102 valence electrons.